The molecule has 3 rings (SSSR count). The van der Waals surface area contributed by atoms with E-state index in [4.69, 9.17) is 0 Å². The number of anilines is 1. The number of carbonyl (C=O) groups excluding carboxylic acids is 2. The third kappa shape index (κ3) is 3.59. The van der Waals surface area contributed by atoms with E-state index in [0.29, 0.717) is 24.2 Å². The minimum atomic E-state index is -0.615. The molecule has 0 spiro atoms. The maximum Gasteiger partial charge on any atom is 0.249 e. The van der Waals surface area contributed by atoms with Gasteiger partial charge in [-0.15, -0.1) is 0 Å². The first kappa shape index (κ1) is 16.1. The molecule has 1 saturated heterocycles. The summed E-state index contributed by atoms with van der Waals surface area (Å²) >= 11 is 0. The molecule has 0 unspecified atom stereocenters. The maximum atomic E-state index is 13.1. The van der Waals surface area contributed by atoms with Gasteiger partial charge in [0.15, 0.2) is 0 Å². The predicted octanol–water partition coefficient (Wildman–Crippen LogP) is 2.43. The van der Waals surface area contributed by atoms with Crippen LogP contribution in [0.3, 0.4) is 0 Å². The fourth-order valence-corrected chi connectivity index (χ4v) is 2.77. The fraction of sp³-hybridized carbons (Fsp3) is 0.222. The molecular weight excluding hydrogens is 314 g/mol. The molecule has 24 heavy (non-hydrogen) atoms. The van der Waals surface area contributed by atoms with Gasteiger partial charge in [0.2, 0.25) is 11.8 Å². The molecule has 0 bridgehead atoms. The lowest BCUT2D eigenvalue weighted by atomic mass is 10.1. The molecule has 1 aliphatic heterocycles. The number of nitrogens with one attached hydrogen (secondary N) is 1. The Labute approximate surface area is 138 Å². The van der Waals surface area contributed by atoms with Crippen molar-refractivity contribution in [3.8, 4) is 0 Å². The van der Waals surface area contributed by atoms with Gasteiger partial charge in [-0.2, -0.15) is 0 Å². The summed E-state index contributed by atoms with van der Waals surface area (Å²) in [6.07, 6.45) is 0.489. The largest absolute Gasteiger partial charge is 0.344 e. The Bertz CT molecular complexity index is 762. The minimum absolute atomic E-state index is 0.0120. The second-order valence-electron chi connectivity index (χ2n) is 5.68. The Kier molecular flexibility index (Phi) is 4.55. The quantitative estimate of drug-likeness (QED) is 0.936. The van der Waals surface area contributed by atoms with Crippen molar-refractivity contribution >= 4 is 17.5 Å². The van der Waals surface area contributed by atoms with Crippen molar-refractivity contribution in [1.82, 2.24) is 5.32 Å². The SMILES string of the molecule is O=C(Cc1cccc(F)c1)N[C@@H]1CCN(c2ccc(F)cc2)C1=O. The van der Waals surface area contributed by atoms with Crippen LogP contribution in [0.4, 0.5) is 14.5 Å². The zero-order valence-electron chi connectivity index (χ0n) is 12.8. The molecule has 1 atom stereocenters. The highest BCUT2D eigenvalue weighted by atomic mass is 19.1. The molecule has 1 heterocycles. The average molecular weight is 330 g/mol. The van der Waals surface area contributed by atoms with Gasteiger partial charge in [-0.1, -0.05) is 12.1 Å². The molecule has 0 radical (unpaired) electrons. The average Bonchev–Trinajstić information content (AvgIpc) is 2.89. The zero-order valence-corrected chi connectivity index (χ0v) is 12.8. The van der Waals surface area contributed by atoms with E-state index in [1.165, 1.54) is 47.4 Å². The Morgan fingerprint density at radius 1 is 1.12 bits per heavy atom. The van der Waals surface area contributed by atoms with E-state index in [2.05, 4.69) is 5.32 Å². The number of carbonyl (C=O) groups is 2. The first-order valence-corrected chi connectivity index (χ1v) is 7.64. The molecule has 4 nitrogen and oxygen atoms in total. The number of halogens is 2. The van der Waals surface area contributed by atoms with E-state index in [0.717, 1.165) is 0 Å². The lowest BCUT2D eigenvalue weighted by Gasteiger charge is -2.17. The van der Waals surface area contributed by atoms with E-state index >= 15 is 0 Å². The topological polar surface area (TPSA) is 49.4 Å². The second-order valence-corrected chi connectivity index (χ2v) is 5.68. The highest BCUT2D eigenvalue weighted by molar-refractivity contribution is 6.01. The molecule has 0 aliphatic carbocycles. The van der Waals surface area contributed by atoms with Crippen LogP contribution in [0.5, 0.6) is 0 Å². The number of hydrogen-bond acceptors (Lipinski definition) is 2. The second kappa shape index (κ2) is 6.78. The van der Waals surface area contributed by atoms with Crippen LogP contribution in [0.2, 0.25) is 0 Å². The van der Waals surface area contributed by atoms with Crippen molar-refractivity contribution < 1.29 is 18.4 Å². The Morgan fingerprint density at radius 3 is 2.58 bits per heavy atom. The molecule has 1 N–H and O–H groups in total. The van der Waals surface area contributed by atoms with E-state index in [-0.39, 0.29) is 24.1 Å². The molecule has 2 amide bonds. The number of benzene rings is 2. The van der Waals surface area contributed by atoms with Crippen LogP contribution < -0.4 is 10.2 Å². The fourth-order valence-electron chi connectivity index (χ4n) is 2.77. The van der Waals surface area contributed by atoms with Gasteiger partial charge in [0.1, 0.15) is 17.7 Å². The number of amides is 2. The summed E-state index contributed by atoms with van der Waals surface area (Å²) in [5.74, 6) is -1.33. The molecule has 0 saturated carbocycles. The molecule has 0 aromatic heterocycles. The molecule has 6 heteroatoms. The van der Waals surface area contributed by atoms with Gasteiger partial charge < -0.3 is 10.2 Å². The van der Waals surface area contributed by atoms with E-state index in [1.54, 1.807) is 6.07 Å². The maximum absolute atomic E-state index is 13.1. The molecule has 1 aliphatic rings. The number of nitrogens with zero attached hydrogens (tertiary/aromatic N) is 1. The Balaban J connectivity index is 1.61. The van der Waals surface area contributed by atoms with Crippen LogP contribution in [0.25, 0.3) is 0 Å². The van der Waals surface area contributed by atoms with E-state index in [9.17, 15) is 18.4 Å². The van der Waals surface area contributed by atoms with Gasteiger partial charge in [0.05, 0.1) is 6.42 Å². The summed E-state index contributed by atoms with van der Waals surface area (Å²) in [5.41, 5.74) is 1.15. The monoisotopic (exact) mass is 330 g/mol. The molecule has 1 fully saturated rings. The summed E-state index contributed by atoms with van der Waals surface area (Å²) in [6.45, 7) is 0.454. The van der Waals surface area contributed by atoms with Crippen LogP contribution in [0.1, 0.15) is 12.0 Å². The zero-order chi connectivity index (χ0) is 17.1. The normalized spacial score (nSPS) is 17.2. The smallest absolute Gasteiger partial charge is 0.249 e. The summed E-state index contributed by atoms with van der Waals surface area (Å²) in [5, 5.41) is 2.68. The van der Waals surface area contributed by atoms with Crippen LogP contribution in [0.15, 0.2) is 48.5 Å². The van der Waals surface area contributed by atoms with E-state index in [1.807, 2.05) is 0 Å². The molecular formula is C18H16F2N2O2. The first-order chi connectivity index (χ1) is 11.5. The lowest BCUT2D eigenvalue weighted by Crippen LogP contribution is -2.42. The molecule has 124 valence electrons. The third-order valence-corrected chi connectivity index (χ3v) is 3.93. The number of rotatable bonds is 4. The molecule has 2 aromatic rings. The van der Waals surface area contributed by atoms with Gasteiger partial charge in [0, 0.05) is 12.2 Å². The summed E-state index contributed by atoms with van der Waals surface area (Å²) in [4.78, 5) is 26.0. The Morgan fingerprint density at radius 2 is 1.88 bits per heavy atom. The lowest BCUT2D eigenvalue weighted by molar-refractivity contribution is -0.126. The Hall–Kier alpha value is -2.76. The van der Waals surface area contributed by atoms with Crippen LogP contribution in [-0.2, 0) is 16.0 Å². The van der Waals surface area contributed by atoms with Gasteiger partial charge in [-0.25, -0.2) is 8.78 Å². The van der Waals surface area contributed by atoms with Crippen LogP contribution in [-0.4, -0.2) is 24.4 Å². The van der Waals surface area contributed by atoms with Crippen molar-refractivity contribution in [2.24, 2.45) is 0 Å². The minimum Gasteiger partial charge on any atom is -0.344 e. The highest BCUT2D eigenvalue weighted by Crippen LogP contribution is 2.22. The van der Waals surface area contributed by atoms with Crippen molar-refractivity contribution in [2.45, 2.75) is 18.9 Å². The third-order valence-electron chi connectivity index (χ3n) is 3.93. The van der Waals surface area contributed by atoms with Gasteiger partial charge >= 0.3 is 0 Å². The molecule has 2 aromatic carbocycles. The van der Waals surface area contributed by atoms with Crippen molar-refractivity contribution in [3.63, 3.8) is 0 Å². The highest BCUT2D eigenvalue weighted by Gasteiger charge is 2.33. The van der Waals surface area contributed by atoms with Crippen molar-refractivity contribution in [3.05, 3.63) is 65.7 Å². The van der Waals surface area contributed by atoms with Crippen LogP contribution in [0, 0.1) is 11.6 Å². The van der Waals surface area contributed by atoms with Gasteiger partial charge in [-0.3, -0.25) is 9.59 Å². The van der Waals surface area contributed by atoms with Crippen molar-refractivity contribution in [2.75, 3.05) is 11.4 Å². The number of hydrogen-bond donors (Lipinski definition) is 1. The van der Waals surface area contributed by atoms with Crippen LogP contribution >= 0.6 is 0 Å². The summed E-state index contributed by atoms with van der Waals surface area (Å²) in [6, 6.07) is 10.8. The van der Waals surface area contributed by atoms with Crippen molar-refractivity contribution in [1.29, 1.82) is 0 Å². The predicted molar refractivity (Wildman–Crippen MR) is 85.4 cm³/mol. The van der Waals surface area contributed by atoms with Gasteiger partial charge in [-0.05, 0) is 48.4 Å². The summed E-state index contributed by atoms with van der Waals surface area (Å²) in [7, 11) is 0. The first-order valence-electron chi connectivity index (χ1n) is 7.64. The van der Waals surface area contributed by atoms with E-state index < -0.39 is 11.9 Å². The summed E-state index contributed by atoms with van der Waals surface area (Å²) < 4.78 is 26.1. The van der Waals surface area contributed by atoms with Gasteiger partial charge in [0.25, 0.3) is 0 Å². The standard InChI is InChI=1S/C18H16F2N2O2/c19-13-4-6-15(7-5-13)22-9-8-16(18(22)24)21-17(23)11-12-2-1-3-14(20)10-12/h1-7,10,16H,8-9,11H2,(H,21,23)/t16-/m1/s1.